The summed E-state index contributed by atoms with van der Waals surface area (Å²) in [5, 5.41) is 0. The fourth-order valence-corrected chi connectivity index (χ4v) is 1.06. The van der Waals surface area contributed by atoms with Crippen molar-refractivity contribution in [2.75, 3.05) is 6.61 Å². The smallest absolute Gasteiger partial charge is 0.330 e. The molecule has 1 rings (SSSR count). The summed E-state index contributed by atoms with van der Waals surface area (Å²) in [5.74, 6) is 5.44. The topological polar surface area (TPSA) is 53.2 Å². The van der Waals surface area contributed by atoms with Crippen LogP contribution in [0.15, 0.2) is 15.8 Å². The summed E-state index contributed by atoms with van der Waals surface area (Å²) in [4.78, 5) is 22.8. The van der Waals surface area contributed by atoms with Crippen LogP contribution in [0.2, 0.25) is 0 Å². The minimum atomic E-state index is -0.448. The molecule has 0 saturated heterocycles. The zero-order valence-corrected chi connectivity index (χ0v) is 8.90. The van der Waals surface area contributed by atoms with Gasteiger partial charge >= 0.3 is 5.69 Å². The molecule has 0 amide bonds. The highest BCUT2D eigenvalue weighted by Crippen LogP contribution is 1.97. The van der Waals surface area contributed by atoms with Crippen LogP contribution in [0.25, 0.3) is 0 Å². The minimum Gasteiger partial charge on any atom is -0.474 e. The van der Waals surface area contributed by atoms with E-state index < -0.39 is 5.56 Å². The lowest BCUT2D eigenvalue weighted by molar-refractivity contribution is 0.355. The van der Waals surface area contributed by atoms with E-state index in [0.717, 1.165) is 4.57 Å². The second-order valence-corrected chi connectivity index (χ2v) is 2.97. The Morgan fingerprint density at radius 1 is 1.40 bits per heavy atom. The first-order valence-corrected chi connectivity index (χ1v) is 4.37. The first-order chi connectivity index (χ1) is 7.07. The van der Waals surface area contributed by atoms with Crippen molar-refractivity contribution in [2.24, 2.45) is 14.1 Å². The monoisotopic (exact) mass is 208 g/mol. The number of aromatic nitrogens is 2. The number of nitrogens with zero attached hydrogens (tertiary/aromatic N) is 2. The molecule has 0 spiro atoms. The number of hydrogen-bond acceptors (Lipinski definition) is 3. The lowest BCUT2D eigenvalue weighted by Gasteiger charge is -2.05. The number of rotatable bonds is 2. The minimum absolute atomic E-state index is 0.127. The highest BCUT2D eigenvalue weighted by Gasteiger charge is 2.06. The first-order valence-electron chi connectivity index (χ1n) is 4.37. The lowest BCUT2D eigenvalue weighted by atomic mass is 10.5. The number of hydrogen-bond donors (Lipinski definition) is 0. The van der Waals surface area contributed by atoms with Crippen LogP contribution in [0.5, 0.6) is 5.75 Å². The van der Waals surface area contributed by atoms with Crippen LogP contribution in [0.3, 0.4) is 0 Å². The molecule has 1 heterocycles. The molecule has 0 radical (unpaired) electrons. The third-order valence-electron chi connectivity index (χ3n) is 1.89. The highest BCUT2D eigenvalue weighted by atomic mass is 16.5. The summed E-state index contributed by atoms with van der Waals surface area (Å²) in [5.41, 5.74) is -0.829. The Labute approximate surface area is 86.9 Å². The molecule has 1 aromatic rings. The Bertz CT molecular complexity index is 528. The standard InChI is InChI=1S/C10H12N2O3/c1-4-5-6-15-8-7-11(2)10(14)12(3)9(8)13/h7H,6H2,1-3H3. The highest BCUT2D eigenvalue weighted by molar-refractivity contribution is 5.14. The molecule has 0 aliphatic heterocycles. The van der Waals surface area contributed by atoms with Crippen molar-refractivity contribution in [3.05, 3.63) is 27.0 Å². The van der Waals surface area contributed by atoms with E-state index in [1.54, 1.807) is 14.0 Å². The molecule has 5 nitrogen and oxygen atoms in total. The predicted molar refractivity (Wildman–Crippen MR) is 55.9 cm³/mol. The third kappa shape index (κ3) is 2.29. The summed E-state index contributed by atoms with van der Waals surface area (Å²) < 4.78 is 7.41. The summed E-state index contributed by atoms with van der Waals surface area (Å²) in [6, 6.07) is 0. The van der Waals surface area contributed by atoms with Gasteiger partial charge in [-0.15, -0.1) is 5.92 Å². The molecule has 0 aliphatic carbocycles. The molecule has 0 N–H and O–H groups in total. The Kier molecular flexibility index (Phi) is 3.34. The van der Waals surface area contributed by atoms with Crippen molar-refractivity contribution in [3.63, 3.8) is 0 Å². The average Bonchev–Trinajstić information content (AvgIpc) is 2.23. The summed E-state index contributed by atoms with van der Waals surface area (Å²) in [6.45, 7) is 1.83. The molecular weight excluding hydrogens is 196 g/mol. The van der Waals surface area contributed by atoms with Gasteiger partial charge in [0.25, 0.3) is 5.56 Å². The van der Waals surface area contributed by atoms with Crippen LogP contribution in [0, 0.1) is 11.8 Å². The van der Waals surface area contributed by atoms with Crippen molar-refractivity contribution in [3.8, 4) is 17.6 Å². The molecule has 0 unspecified atom stereocenters. The van der Waals surface area contributed by atoms with E-state index >= 15 is 0 Å². The van der Waals surface area contributed by atoms with Crippen molar-refractivity contribution >= 4 is 0 Å². The molecule has 80 valence electrons. The van der Waals surface area contributed by atoms with Gasteiger partial charge in [-0.25, -0.2) is 4.79 Å². The van der Waals surface area contributed by atoms with Crippen LogP contribution in [-0.4, -0.2) is 15.7 Å². The molecule has 0 bridgehead atoms. The molecule has 0 saturated carbocycles. The summed E-state index contributed by atoms with van der Waals surface area (Å²) in [6.07, 6.45) is 1.36. The number of aryl methyl sites for hydroxylation is 1. The SMILES string of the molecule is CC#CCOc1cn(C)c(=O)n(C)c1=O. The molecule has 0 fully saturated rings. The Morgan fingerprint density at radius 3 is 2.67 bits per heavy atom. The van der Waals surface area contributed by atoms with Gasteiger partial charge in [0.15, 0.2) is 0 Å². The quantitative estimate of drug-likeness (QED) is 0.615. The summed E-state index contributed by atoms with van der Waals surface area (Å²) in [7, 11) is 2.96. The van der Waals surface area contributed by atoms with Gasteiger partial charge in [-0.3, -0.25) is 13.9 Å². The van der Waals surface area contributed by atoms with E-state index in [-0.39, 0.29) is 18.0 Å². The normalized spacial score (nSPS) is 9.27. The molecule has 0 atom stereocenters. The zero-order chi connectivity index (χ0) is 11.4. The van der Waals surface area contributed by atoms with E-state index in [4.69, 9.17) is 4.74 Å². The van der Waals surface area contributed by atoms with Gasteiger partial charge in [0.2, 0.25) is 5.75 Å². The summed E-state index contributed by atoms with van der Waals surface area (Å²) >= 11 is 0. The molecule has 15 heavy (non-hydrogen) atoms. The number of ether oxygens (including phenoxy) is 1. The van der Waals surface area contributed by atoms with Crippen LogP contribution in [0.4, 0.5) is 0 Å². The zero-order valence-electron chi connectivity index (χ0n) is 8.90. The predicted octanol–water partition coefficient (Wildman–Crippen LogP) is -0.514. The maximum absolute atomic E-state index is 11.5. The van der Waals surface area contributed by atoms with Crippen molar-refractivity contribution in [2.45, 2.75) is 6.92 Å². The van der Waals surface area contributed by atoms with Crippen LogP contribution < -0.4 is 16.0 Å². The largest absolute Gasteiger partial charge is 0.474 e. The molecule has 1 aromatic heterocycles. The molecule has 0 aromatic carbocycles. The van der Waals surface area contributed by atoms with E-state index in [1.807, 2.05) is 0 Å². The van der Waals surface area contributed by atoms with E-state index in [2.05, 4.69) is 11.8 Å². The molecular formula is C10H12N2O3. The van der Waals surface area contributed by atoms with Gasteiger partial charge in [-0.2, -0.15) is 0 Å². The second-order valence-electron chi connectivity index (χ2n) is 2.97. The van der Waals surface area contributed by atoms with Gasteiger partial charge in [0, 0.05) is 14.1 Å². The van der Waals surface area contributed by atoms with Gasteiger partial charge in [0.05, 0.1) is 6.20 Å². The Morgan fingerprint density at radius 2 is 2.07 bits per heavy atom. The maximum atomic E-state index is 11.5. The van der Waals surface area contributed by atoms with Crippen LogP contribution in [0.1, 0.15) is 6.92 Å². The Balaban J connectivity index is 3.14. The lowest BCUT2D eigenvalue weighted by Crippen LogP contribution is -2.37. The van der Waals surface area contributed by atoms with E-state index in [1.165, 1.54) is 17.8 Å². The van der Waals surface area contributed by atoms with Crippen molar-refractivity contribution in [1.29, 1.82) is 0 Å². The molecule has 5 heteroatoms. The fourth-order valence-electron chi connectivity index (χ4n) is 1.06. The maximum Gasteiger partial charge on any atom is 0.330 e. The second kappa shape index (κ2) is 4.51. The van der Waals surface area contributed by atoms with Crippen molar-refractivity contribution in [1.82, 2.24) is 9.13 Å². The fraction of sp³-hybridized carbons (Fsp3) is 0.400. The first kappa shape index (κ1) is 11.1. The van der Waals surface area contributed by atoms with Crippen LogP contribution >= 0.6 is 0 Å². The molecule has 0 aliphatic rings. The van der Waals surface area contributed by atoms with Gasteiger partial charge in [0.1, 0.15) is 6.61 Å². The average molecular weight is 208 g/mol. The van der Waals surface area contributed by atoms with Crippen LogP contribution in [-0.2, 0) is 14.1 Å². The third-order valence-corrected chi connectivity index (χ3v) is 1.89. The van der Waals surface area contributed by atoms with Gasteiger partial charge < -0.3 is 4.74 Å². The van der Waals surface area contributed by atoms with Crippen molar-refractivity contribution < 1.29 is 4.74 Å². The van der Waals surface area contributed by atoms with Gasteiger partial charge in [-0.05, 0) is 6.92 Å². The van der Waals surface area contributed by atoms with E-state index in [9.17, 15) is 9.59 Å². The Hall–Kier alpha value is -1.96. The van der Waals surface area contributed by atoms with Gasteiger partial charge in [-0.1, -0.05) is 5.92 Å². The van der Waals surface area contributed by atoms with E-state index in [0.29, 0.717) is 0 Å².